The third kappa shape index (κ3) is 3.18. The van der Waals surface area contributed by atoms with Crippen LogP contribution in [-0.4, -0.2) is 20.1 Å². The number of hydrogen-bond acceptors (Lipinski definition) is 2. The quantitative estimate of drug-likeness (QED) is 0.865. The van der Waals surface area contributed by atoms with E-state index in [0.29, 0.717) is 6.04 Å². The first-order valence-electron chi connectivity index (χ1n) is 7.11. The molecule has 2 nitrogen and oxygen atoms in total. The summed E-state index contributed by atoms with van der Waals surface area (Å²) < 4.78 is 0. The Hall–Kier alpha value is -1.18. The predicted molar refractivity (Wildman–Crippen MR) is 80.5 cm³/mol. The Kier molecular flexibility index (Phi) is 4.15. The van der Waals surface area contributed by atoms with Crippen LogP contribution in [0.5, 0.6) is 0 Å². The predicted octanol–water partition coefficient (Wildman–Crippen LogP) is 4.05. The lowest BCUT2D eigenvalue weighted by Crippen LogP contribution is -2.25. The number of hydrogen-bond donors (Lipinski definition) is 1. The van der Waals surface area contributed by atoms with E-state index in [1.807, 2.05) is 0 Å². The molecule has 1 aliphatic carbocycles. The molecule has 0 unspecified atom stereocenters. The number of nitrogens with one attached hydrogen (secondary N) is 1. The molecule has 1 fully saturated rings. The van der Waals surface area contributed by atoms with Crippen molar-refractivity contribution in [1.29, 1.82) is 0 Å². The van der Waals surface area contributed by atoms with Crippen molar-refractivity contribution in [1.82, 2.24) is 0 Å². The van der Waals surface area contributed by atoms with Gasteiger partial charge >= 0.3 is 0 Å². The fourth-order valence-corrected chi connectivity index (χ4v) is 2.82. The summed E-state index contributed by atoms with van der Waals surface area (Å²) in [6, 6.07) is 7.36. The van der Waals surface area contributed by atoms with Gasteiger partial charge in [-0.15, -0.1) is 0 Å². The number of benzene rings is 1. The Labute approximate surface area is 111 Å². The Morgan fingerprint density at radius 3 is 2.39 bits per heavy atom. The van der Waals surface area contributed by atoms with Gasteiger partial charge in [-0.1, -0.05) is 13.0 Å². The zero-order valence-corrected chi connectivity index (χ0v) is 12.2. The lowest BCUT2D eigenvalue weighted by atomic mass is 9.87. The molecule has 0 atom stereocenters. The number of rotatable bonds is 3. The molecule has 1 aromatic rings. The van der Waals surface area contributed by atoms with Crippen molar-refractivity contribution in [2.75, 3.05) is 24.3 Å². The minimum absolute atomic E-state index is 0.666. The van der Waals surface area contributed by atoms with Crippen LogP contribution in [0, 0.1) is 12.8 Å². The molecule has 1 aromatic carbocycles. The zero-order valence-electron chi connectivity index (χ0n) is 12.2. The Morgan fingerprint density at radius 2 is 1.78 bits per heavy atom. The maximum absolute atomic E-state index is 3.70. The van der Waals surface area contributed by atoms with Gasteiger partial charge in [-0.2, -0.15) is 0 Å². The maximum Gasteiger partial charge on any atom is 0.0411 e. The zero-order chi connectivity index (χ0) is 13.1. The lowest BCUT2D eigenvalue weighted by molar-refractivity contribution is 0.361. The van der Waals surface area contributed by atoms with E-state index in [0.717, 1.165) is 5.92 Å². The molecule has 0 radical (unpaired) electrons. The molecule has 0 heterocycles. The summed E-state index contributed by atoms with van der Waals surface area (Å²) in [5.41, 5.74) is 3.91. The molecule has 18 heavy (non-hydrogen) atoms. The summed E-state index contributed by atoms with van der Waals surface area (Å²) in [5, 5.41) is 3.70. The van der Waals surface area contributed by atoms with Gasteiger partial charge in [0.1, 0.15) is 0 Å². The molecule has 0 spiro atoms. The fourth-order valence-electron chi connectivity index (χ4n) is 2.82. The molecule has 0 aliphatic heterocycles. The van der Waals surface area contributed by atoms with E-state index < -0.39 is 0 Å². The van der Waals surface area contributed by atoms with Crippen molar-refractivity contribution in [2.45, 2.75) is 45.6 Å². The third-order valence-corrected chi connectivity index (χ3v) is 4.08. The highest BCUT2D eigenvalue weighted by Gasteiger charge is 2.18. The van der Waals surface area contributed by atoms with Gasteiger partial charge in [-0.25, -0.2) is 0 Å². The molecule has 1 N–H and O–H groups in total. The average Bonchev–Trinajstić information content (AvgIpc) is 2.34. The van der Waals surface area contributed by atoms with Crippen molar-refractivity contribution in [3.8, 4) is 0 Å². The number of anilines is 2. The number of aryl methyl sites for hydroxylation is 1. The first-order chi connectivity index (χ1) is 8.56. The standard InChI is InChI=1S/C16H26N2/c1-12-5-8-14(9-6-12)17-15-10-7-13(2)16(11-15)18(3)4/h7,10-12,14,17H,5-6,8-9H2,1-4H3. The van der Waals surface area contributed by atoms with Crippen LogP contribution in [-0.2, 0) is 0 Å². The minimum Gasteiger partial charge on any atom is -0.382 e. The van der Waals surface area contributed by atoms with Gasteiger partial charge in [-0.3, -0.25) is 0 Å². The van der Waals surface area contributed by atoms with Gasteiger partial charge in [0.2, 0.25) is 0 Å². The smallest absolute Gasteiger partial charge is 0.0411 e. The summed E-state index contributed by atoms with van der Waals surface area (Å²) in [7, 11) is 4.21. The Morgan fingerprint density at radius 1 is 1.11 bits per heavy atom. The molecule has 1 aliphatic rings. The first kappa shape index (κ1) is 13.3. The molecule has 0 bridgehead atoms. The molecular formula is C16H26N2. The van der Waals surface area contributed by atoms with Crippen molar-refractivity contribution >= 4 is 11.4 Å². The summed E-state index contributed by atoms with van der Waals surface area (Å²) in [6.45, 7) is 4.54. The van der Waals surface area contributed by atoms with Gasteiger partial charge in [0, 0.05) is 31.5 Å². The van der Waals surface area contributed by atoms with Crippen molar-refractivity contribution < 1.29 is 0 Å². The largest absolute Gasteiger partial charge is 0.382 e. The van der Waals surface area contributed by atoms with Crippen LogP contribution in [0.1, 0.15) is 38.2 Å². The normalized spacial score (nSPS) is 23.8. The van der Waals surface area contributed by atoms with Crippen molar-refractivity contribution in [3.05, 3.63) is 23.8 Å². The van der Waals surface area contributed by atoms with E-state index in [2.05, 4.69) is 56.4 Å². The van der Waals surface area contributed by atoms with Gasteiger partial charge in [0.25, 0.3) is 0 Å². The van der Waals surface area contributed by atoms with E-state index in [-0.39, 0.29) is 0 Å². The first-order valence-corrected chi connectivity index (χ1v) is 7.11. The monoisotopic (exact) mass is 246 g/mol. The van der Waals surface area contributed by atoms with E-state index in [4.69, 9.17) is 0 Å². The van der Waals surface area contributed by atoms with Gasteiger partial charge in [0.05, 0.1) is 0 Å². The second-order valence-electron chi connectivity index (χ2n) is 6.00. The highest BCUT2D eigenvalue weighted by molar-refractivity contribution is 5.62. The van der Waals surface area contributed by atoms with E-state index in [1.54, 1.807) is 0 Å². The van der Waals surface area contributed by atoms with E-state index >= 15 is 0 Å². The van der Waals surface area contributed by atoms with E-state index in [9.17, 15) is 0 Å². The second kappa shape index (κ2) is 5.64. The van der Waals surface area contributed by atoms with Crippen molar-refractivity contribution in [2.24, 2.45) is 5.92 Å². The van der Waals surface area contributed by atoms with Crippen molar-refractivity contribution in [3.63, 3.8) is 0 Å². The van der Waals surface area contributed by atoms with Crippen LogP contribution < -0.4 is 10.2 Å². The van der Waals surface area contributed by atoms with Crippen LogP contribution in [0.3, 0.4) is 0 Å². The van der Waals surface area contributed by atoms with Crippen LogP contribution in [0.25, 0.3) is 0 Å². The van der Waals surface area contributed by atoms with Crippen LogP contribution >= 0.6 is 0 Å². The third-order valence-electron chi connectivity index (χ3n) is 4.08. The molecule has 0 aromatic heterocycles. The topological polar surface area (TPSA) is 15.3 Å². The van der Waals surface area contributed by atoms with Crippen LogP contribution in [0.15, 0.2) is 18.2 Å². The highest BCUT2D eigenvalue weighted by atomic mass is 15.1. The molecule has 2 rings (SSSR count). The molecule has 0 amide bonds. The highest BCUT2D eigenvalue weighted by Crippen LogP contribution is 2.28. The molecular weight excluding hydrogens is 220 g/mol. The summed E-state index contributed by atoms with van der Waals surface area (Å²) >= 11 is 0. The number of nitrogens with zero attached hydrogens (tertiary/aromatic N) is 1. The molecule has 0 saturated heterocycles. The molecule has 100 valence electrons. The van der Waals surface area contributed by atoms with Crippen LogP contribution in [0.4, 0.5) is 11.4 Å². The summed E-state index contributed by atoms with van der Waals surface area (Å²) in [6.07, 6.45) is 5.35. The molecule has 1 saturated carbocycles. The summed E-state index contributed by atoms with van der Waals surface area (Å²) in [4.78, 5) is 2.18. The van der Waals surface area contributed by atoms with Gasteiger partial charge in [-0.05, 0) is 56.2 Å². The van der Waals surface area contributed by atoms with Gasteiger partial charge in [0.15, 0.2) is 0 Å². The fraction of sp³-hybridized carbons (Fsp3) is 0.625. The maximum atomic E-state index is 3.70. The SMILES string of the molecule is Cc1ccc(NC2CCC(C)CC2)cc1N(C)C. The minimum atomic E-state index is 0.666. The van der Waals surface area contributed by atoms with E-state index in [1.165, 1.54) is 42.6 Å². The lowest BCUT2D eigenvalue weighted by Gasteiger charge is -2.28. The summed E-state index contributed by atoms with van der Waals surface area (Å²) in [5.74, 6) is 0.915. The average molecular weight is 246 g/mol. The molecule has 2 heteroatoms. The second-order valence-corrected chi connectivity index (χ2v) is 6.00. The Balaban J connectivity index is 2.03. The Bertz CT molecular complexity index is 390. The van der Waals surface area contributed by atoms with Gasteiger partial charge < -0.3 is 10.2 Å². The van der Waals surface area contributed by atoms with Crippen LogP contribution in [0.2, 0.25) is 0 Å².